The van der Waals surface area contributed by atoms with Gasteiger partial charge in [0.1, 0.15) is 11.6 Å². The first-order valence-electron chi connectivity index (χ1n) is 8.20. The molecule has 5 nitrogen and oxygen atoms in total. The highest BCUT2D eigenvalue weighted by molar-refractivity contribution is 5.88. The zero-order valence-corrected chi connectivity index (χ0v) is 15.0. The lowest BCUT2D eigenvalue weighted by molar-refractivity contribution is -0.125. The van der Waals surface area contributed by atoms with E-state index in [1.165, 1.54) is 31.4 Å². The van der Waals surface area contributed by atoms with Crippen LogP contribution in [0.5, 0.6) is 5.75 Å². The number of carboxylic acids is 1. The third-order valence-corrected chi connectivity index (χ3v) is 4.33. The molecule has 0 atom stereocenters. The number of benzene rings is 2. The molecule has 6 heteroatoms. The molecule has 1 amide bonds. The summed E-state index contributed by atoms with van der Waals surface area (Å²) in [5.74, 6) is -1.17. The fraction of sp³-hybridized carbons (Fsp3) is 0.300. The molecule has 2 aromatic carbocycles. The SMILES string of the molecule is COc1cc(C(=O)O)ccc1CCNC(=O)C(C)(C)c1cccc(F)c1. The topological polar surface area (TPSA) is 75.6 Å². The van der Waals surface area contributed by atoms with Gasteiger partial charge in [-0.25, -0.2) is 9.18 Å². The Balaban J connectivity index is 2.03. The highest BCUT2D eigenvalue weighted by atomic mass is 19.1. The van der Waals surface area contributed by atoms with Crippen molar-refractivity contribution in [1.29, 1.82) is 0 Å². The van der Waals surface area contributed by atoms with Crippen molar-refractivity contribution in [2.45, 2.75) is 25.7 Å². The number of halogens is 1. The summed E-state index contributed by atoms with van der Waals surface area (Å²) in [6.07, 6.45) is 0.480. The van der Waals surface area contributed by atoms with E-state index in [-0.39, 0.29) is 17.3 Å². The number of carbonyl (C=O) groups excluding carboxylic acids is 1. The first kappa shape index (κ1) is 19.4. The molecule has 26 heavy (non-hydrogen) atoms. The van der Waals surface area contributed by atoms with E-state index in [9.17, 15) is 14.0 Å². The fourth-order valence-electron chi connectivity index (χ4n) is 2.62. The van der Waals surface area contributed by atoms with Crippen molar-refractivity contribution in [1.82, 2.24) is 5.32 Å². The van der Waals surface area contributed by atoms with E-state index in [1.807, 2.05) is 0 Å². The van der Waals surface area contributed by atoms with Crippen molar-refractivity contribution in [3.63, 3.8) is 0 Å². The van der Waals surface area contributed by atoms with Crippen molar-refractivity contribution in [2.24, 2.45) is 0 Å². The molecule has 0 unspecified atom stereocenters. The lowest BCUT2D eigenvalue weighted by Gasteiger charge is -2.24. The van der Waals surface area contributed by atoms with Crippen LogP contribution >= 0.6 is 0 Å². The predicted octanol–water partition coefficient (Wildman–Crippen LogP) is 3.17. The average Bonchev–Trinajstić information content (AvgIpc) is 2.61. The third-order valence-electron chi connectivity index (χ3n) is 4.33. The molecular weight excluding hydrogens is 337 g/mol. The largest absolute Gasteiger partial charge is 0.496 e. The van der Waals surface area contributed by atoms with Gasteiger partial charge in [-0.05, 0) is 55.7 Å². The molecule has 2 rings (SSSR count). The first-order valence-corrected chi connectivity index (χ1v) is 8.20. The lowest BCUT2D eigenvalue weighted by Crippen LogP contribution is -2.41. The highest BCUT2D eigenvalue weighted by Gasteiger charge is 2.29. The maximum atomic E-state index is 13.4. The summed E-state index contributed by atoms with van der Waals surface area (Å²) < 4.78 is 18.6. The minimum atomic E-state index is -1.03. The lowest BCUT2D eigenvalue weighted by atomic mass is 9.83. The Morgan fingerprint density at radius 2 is 1.92 bits per heavy atom. The minimum Gasteiger partial charge on any atom is -0.496 e. The van der Waals surface area contributed by atoms with Gasteiger partial charge in [0.15, 0.2) is 0 Å². The van der Waals surface area contributed by atoms with Crippen LogP contribution in [0.25, 0.3) is 0 Å². The summed E-state index contributed by atoms with van der Waals surface area (Å²) in [5.41, 5.74) is 0.654. The van der Waals surface area contributed by atoms with Gasteiger partial charge in [-0.2, -0.15) is 0 Å². The van der Waals surface area contributed by atoms with Crippen LogP contribution < -0.4 is 10.1 Å². The maximum Gasteiger partial charge on any atom is 0.335 e. The zero-order chi connectivity index (χ0) is 19.3. The van der Waals surface area contributed by atoms with Gasteiger partial charge in [-0.15, -0.1) is 0 Å². The van der Waals surface area contributed by atoms with E-state index in [2.05, 4.69) is 5.32 Å². The molecule has 0 saturated heterocycles. The van der Waals surface area contributed by atoms with Gasteiger partial charge in [0.05, 0.1) is 18.1 Å². The van der Waals surface area contributed by atoms with Gasteiger partial charge in [0.25, 0.3) is 0 Å². The van der Waals surface area contributed by atoms with Gasteiger partial charge >= 0.3 is 5.97 Å². The van der Waals surface area contributed by atoms with Crippen LogP contribution in [0.1, 0.15) is 35.3 Å². The van der Waals surface area contributed by atoms with Crippen LogP contribution in [-0.2, 0) is 16.6 Å². The second-order valence-corrected chi connectivity index (χ2v) is 6.47. The molecule has 0 aliphatic rings. The summed E-state index contributed by atoms with van der Waals surface area (Å²) in [6.45, 7) is 3.82. The van der Waals surface area contributed by atoms with Crippen LogP contribution in [0.15, 0.2) is 42.5 Å². The average molecular weight is 359 g/mol. The number of ether oxygens (including phenoxy) is 1. The molecule has 0 aliphatic heterocycles. The van der Waals surface area contributed by atoms with Gasteiger partial charge in [-0.3, -0.25) is 4.79 Å². The molecule has 0 fully saturated rings. The van der Waals surface area contributed by atoms with Gasteiger partial charge in [0, 0.05) is 6.54 Å². The fourth-order valence-corrected chi connectivity index (χ4v) is 2.62. The van der Waals surface area contributed by atoms with E-state index in [0.29, 0.717) is 24.3 Å². The van der Waals surface area contributed by atoms with Crippen molar-refractivity contribution >= 4 is 11.9 Å². The van der Waals surface area contributed by atoms with Gasteiger partial charge in [0.2, 0.25) is 5.91 Å². The summed E-state index contributed by atoms with van der Waals surface area (Å²) in [5, 5.41) is 11.9. The van der Waals surface area contributed by atoms with Gasteiger partial charge < -0.3 is 15.2 Å². The molecule has 0 aliphatic carbocycles. The quantitative estimate of drug-likeness (QED) is 0.796. The normalized spacial score (nSPS) is 11.1. The summed E-state index contributed by atoms with van der Waals surface area (Å²) in [6, 6.07) is 10.6. The van der Waals surface area contributed by atoms with Crippen LogP contribution in [-0.4, -0.2) is 30.6 Å². The maximum absolute atomic E-state index is 13.4. The molecule has 0 heterocycles. The molecule has 0 aromatic heterocycles. The Hall–Kier alpha value is -2.89. The molecule has 2 aromatic rings. The van der Waals surface area contributed by atoms with Crippen LogP contribution in [0.3, 0.4) is 0 Å². The molecule has 138 valence electrons. The Bertz CT molecular complexity index is 817. The second kappa shape index (κ2) is 7.99. The Morgan fingerprint density at radius 3 is 2.54 bits per heavy atom. The standard InChI is InChI=1S/C20H22FNO4/c1-20(2,15-5-4-6-16(21)12-15)19(25)22-10-9-13-7-8-14(18(23)24)11-17(13)26-3/h4-8,11-12H,9-10H2,1-3H3,(H,22,25)(H,23,24). The number of hydrogen-bond donors (Lipinski definition) is 2. The molecule has 0 spiro atoms. The number of amides is 1. The number of methoxy groups -OCH3 is 1. The van der Waals surface area contributed by atoms with E-state index >= 15 is 0 Å². The first-order chi connectivity index (χ1) is 12.3. The van der Waals surface area contributed by atoms with Crippen LogP contribution in [0, 0.1) is 5.82 Å². The monoisotopic (exact) mass is 359 g/mol. The predicted molar refractivity (Wildman–Crippen MR) is 96.1 cm³/mol. The summed E-state index contributed by atoms with van der Waals surface area (Å²) >= 11 is 0. The number of hydrogen-bond acceptors (Lipinski definition) is 3. The molecule has 2 N–H and O–H groups in total. The number of nitrogens with one attached hydrogen (secondary N) is 1. The smallest absolute Gasteiger partial charge is 0.335 e. The Labute approximate surface area is 151 Å². The molecule has 0 saturated carbocycles. The molecular formula is C20H22FNO4. The number of carboxylic acid groups (broad SMARTS) is 1. The molecule has 0 radical (unpaired) electrons. The van der Waals surface area contributed by atoms with E-state index < -0.39 is 11.4 Å². The third kappa shape index (κ3) is 4.39. The minimum absolute atomic E-state index is 0.141. The van der Waals surface area contributed by atoms with Gasteiger partial charge in [-0.1, -0.05) is 18.2 Å². The van der Waals surface area contributed by atoms with Crippen LogP contribution in [0.4, 0.5) is 4.39 Å². The number of carbonyl (C=O) groups is 2. The number of aromatic carboxylic acids is 1. The van der Waals surface area contributed by atoms with E-state index in [4.69, 9.17) is 9.84 Å². The zero-order valence-electron chi connectivity index (χ0n) is 15.0. The van der Waals surface area contributed by atoms with E-state index in [1.54, 1.807) is 32.0 Å². The second-order valence-electron chi connectivity index (χ2n) is 6.47. The van der Waals surface area contributed by atoms with E-state index in [0.717, 1.165) is 5.56 Å². The Kier molecular flexibility index (Phi) is 5.97. The van der Waals surface area contributed by atoms with Crippen molar-refractivity contribution in [3.05, 3.63) is 65.0 Å². The van der Waals surface area contributed by atoms with Crippen LogP contribution in [0.2, 0.25) is 0 Å². The summed E-state index contributed by atoms with van der Waals surface area (Å²) in [4.78, 5) is 23.5. The van der Waals surface area contributed by atoms with Crippen molar-refractivity contribution < 1.29 is 23.8 Å². The Morgan fingerprint density at radius 1 is 1.19 bits per heavy atom. The summed E-state index contributed by atoms with van der Waals surface area (Å²) in [7, 11) is 1.47. The molecule has 0 bridgehead atoms. The van der Waals surface area contributed by atoms with Crippen molar-refractivity contribution in [3.8, 4) is 5.75 Å². The number of rotatable bonds is 7. The highest BCUT2D eigenvalue weighted by Crippen LogP contribution is 2.24. The van der Waals surface area contributed by atoms with Crippen molar-refractivity contribution in [2.75, 3.05) is 13.7 Å².